The third kappa shape index (κ3) is 2.44. The Bertz CT molecular complexity index is 1330. The average Bonchev–Trinajstić information content (AvgIpc) is 2.79. The van der Waals surface area contributed by atoms with Gasteiger partial charge in [-0.1, -0.05) is 31.4 Å². The summed E-state index contributed by atoms with van der Waals surface area (Å²) in [4.78, 5) is 4.68. The Hall–Kier alpha value is -2.94. The van der Waals surface area contributed by atoms with Gasteiger partial charge in [-0.15, -0.1) is 0 Å². The molecular formula is C27H27N2O+. The number of pyridine rings is 2. The van der Waals surface area contributed by atoms with Gasteiger partial charge in [-0.3, -0.25) is 4.98 Å². The number of rotatable bonds is 1. The van der Waals surface area contributed by atoms with E-state index in [1.165, 1.54) is 70.6 Å². The Balaban J connectivity index is 1.68. The molecule has 6 rings (SSSR count). The van der Waals surface area contributed by atoms with Crippen molar-refractivity contribution < 1.29 is 9.30 Å². The number of fused-ring (bicyclic) bond motifs is 3. The van der Waals surface area contributed by atoms with Gasteiger partial charge in [0.2, 0.25) is 5.69 Å². The summed E-state index contributed by atoms with van der Waals surface area (Å²) in [5.74, 6) is 2.63. The summed E-state index contributed by atoms with van der Waals surface area (Å²) in [6.45, 7) is 4.34. The van der Waals surface area contributed by atoms with E-state index in [-0.39, 0.29) is 0 Å². The fraction of sp³-hybridized carbons (Fsp3) is 0.333. The van der Waals surface area contributed by atoms with E-state index in [0.29, 0.717) is 5.92 Å². The van der Waals surface area contributed by atoms with Gasteiger partial charge in [-0.05, 0) is 61.3 Å². The van der Waals surface area contributed by atoms with Crippen molar-refractivity contribution in [3.8, 4) is 22.8 Å². The van der Waals surface area contributed by atoms with Gasteiger partial charge in [0.1, 0.15) is 18.5 Å². The van der Waals surface area contributed by atoms with E-state index in [2.05, 4.69) is 60.9 Å². The number of aryl methyl sites for hydroxylation is 3. The molecule has 0 unspecified atom stereocenters. The van der Waals surface area contributed by atoms with E-state index in [9.17, 15) is 0 Å². The number of ether oxygens (including phenoxy) is 1. The van der Waals surface area contributed by atoms with E-state index in [1.54, 1.807) is 0 Å². The second kappa shape index (κ2) is 6.53. The van der Waals surface area contributed by atoms with Crippen molar-refractivity contribution in [2.45, 2.75) is 51.9 Å². The van der Waals surface area contributed by atoms with Crippen LogP contribution in [-0.2, 0) is 7.05 Å². The monoisotopic (exact) mass is 395 g/mol. The van der Waals surface area contributed by atoms with E-state index >= 15 is 0 Å². The molecule has 2 aromatic carbocycles. The molecule has 3 nitrogen and oxygen atoms in total. The van der Waals surface area contributed by atoms with E-state index in [0.717, 1.165) is 22.6 Å². The summed E-state index contributed by atoms with van der Waals surface area (Å²) in [6.07, 6.45) is 10.7. The second-order valence-electron chi connectivity index (χ2n) is 9.05. The minimum Gasteiger partial charge on any atom is -0.455 e. The number of hydrogen-bond acceptors (Lipinski definition) is 2. The highest BCUT2D eigenvalue weighted by Crippen LogP contribution is 2.51. The largest absolute Gasteiger partial charge is 0.455 e. The zero-order chi connectivity index (χ0) is 20.4. The highest BCUT2D eigenvalue weighted by Gasteiger charge is 2.33. The standard InChI is InChI=1S/C27H27N2O/c1-16-21-10-7-12-28-25(21)17(2)27-23(16)26-24-19(11-13-29(26)3)14-20(15-22(24)30-27)18-8-5-4-6-9-18/h7,10-15,18H,4-6,8-9H2,1-3H3/q+1. The normalized spacial score (nSPS) is 16.0. The molecule has 3 heterocycles. The summed E-state index contributed by atoms with van der Waals surface area (Å²) < 4.78 is 8.95. The van der Waals surface area contributed by atoms with E-state index in [1.807, 2.05) is 12.3 Å². The molecule has 2 aromatic heterocycles. The zero-order valence-corrected chi connectivity index (χ0v) is 18.0. The maximum atomic E-state index is 6.70. The van der Waals surface area contributed by atoms with E-state index in [4.69, 9.17) is 4.74 Å². The van der Waals surface area contributed by atoms with Crippen molar-refractivity contribution in [2.75, 3.05) is 0 Å². The van der Waals surface area contributed by atoms with Crippen LogP contribution in [-0.4, -0.2) is 4.98 Å². The highest BCUT2D eigenvalue weighted by atomic mass is 16.5. The van der Waals surface area contributed by atoms with Crippen LogP contribution < -0.4 is 9.30 Å². The van der Waals surface area contributed by atoms with Crippen molar-refractivity contribution in [3.63, 3.8) is 0 Å². The van der Waals surface area contributed by atoms with Crippen molar-refractivity contribution in [1.82, 2.24) is 4.98 Å². The van der Waals surface area contributed by atoms with Gasteiger partial charge in [0.25, 0.3) is 0 Å². The quantitative estimate of drug-likeness (QED) is 0.297. The molecule has 0 radical (unpaired) electrons. The van der Waals surface area contributed by atoms with Crippen molar-refractivity contribution in [3.05, 3.63) is 59.4 Å². The third-order valence-corrected chi connectivity index (χ3v) is 7.26. The lowest BCUT2D eigenvalue weighted by Gasteiger charge is -2.26. The fourth-order valence-corrected chi connectivity index (χ4v) is 5.67. The van der Waals surface area contributed by atoms with Crippen LogP contribution in [0.15, 0.2) is 42.7 Å². The van der Waals surface area contributed by atoms with Crippen LogP contribution in [0, 0.1) is 13.8 Å². The molecule has 0 atom stereocenters. The molecule has 2 aliphatic rings. The fourth-order valence-electron chi connectivity index (χ4n) is 5.67. The molecule has 3 heteroatoms. The van der Waals surface area contributed by atoms with Crippen LogP contribution in [0.4, 0.5) is 0 Å². The van der Waals surface area contributed by atoms with Gasteiger partial charge in [0, 0.05) is 23.2 Å². The number of nitrogens with zero attached hydrogens (tertiary/aromatic N) is 2. The summed E-state index contributed by atoms with van der Waals surface area (Å²) in [7, 11) is 2.14. The van der Waals surface area contributed by atoms with Crippen LogP contribution >= 0.6 is 0 Å². The number of hydrogen-bond donors (Lipinski definition) is 0. The van der Waals surface area contributed by atoms with Crippen molar-refractivity contribution >= 4 is 21.7 Å². The molecule has 0 amide bonds. The number of aromatic nitrogens is 2. The van der Waals surface area contributed by atoms with Crippen molar-refractivity contribution in [1.29, 1.82) is 0 Å². The van der Waals surface area contributed by atoms with Crippen LogP contribution in [0.1, 0.15) is 54.7 Å². The molecule has 1 aliphatic carbocycles. The van der Waals surface area contributed by atoms with Gasteiger partial charge in [0.15, 0.2) is 6.20 Å². The molecule has 4 aromatic rings. The molecule has 1 fully saturated rings. The minimum atomic E-state index is 0.655. The second-order valence-corrected chi connectivity index (χ2v) is 9.05. The lowest BCUT2D eigenvalue weighted by molar-refractivity contribution is -0.659. The van der Waals surface area contributed by atoms with Crippen LogP contribution in [0.5, 0.6) is 11.5 Å². The smallest absolute Gasteiger partial charge is 0.228 e. The molecule has 0 spiro atoms. The van der Waals surface area contributed by atoms with Gasteiger partial charge >= 0.3 is 0 Å². The Labute approximate surface area is 177 Å². The molecule has 0 saturated heterocycles. The molecule has 1 aliphatic heterocycles. The lowest BCUT2D eigenvalue weighted by atomic mass is 9.82. The Morgan fingerprint density at radius 2 is 1.87 bits per heavy atom. The first kappa shape index (κ1) is 17.9. The summed E-state index contributed by atoms with van der Waals surface area (Å²) in [6, 6.07) is 11.2. The zero-order valence-electron chi connectivity index (χ0n) is 18.0. The average molecular weight is 396 g/mol. The Morgan fingerprint density at radius 3 is 2.70 bits per heavy atom. The highest BCUT2D eigenvalue weighted by molar-refractivity contribution is 6.06. The summed E-state index contributed by atoms with van der Waals surface area (Å²) in [5.41, 5.74) is 7.30. The minimum absolute atomic E-state index is 0.655. The van der Waals surface area contributed by atoms with Crippen molar-refractivity contribution in [2.24, 2.45) is 7.05 Å². The maximum absolute atomic E-state index is 6.70. The first-order chi connectivity index (χ1) is 14.6. The molecule has 150 valence electrons. The van der Waals surface area contributed by atoms with Crippen LogP contribution in [0.25, 0.3) is 32.9 Å². The first-order valence-corrected chi connectivity index (χ1v) is 11.2. The third-order valence-electron chi connectivity index (χ3n) is 7.26. The predicted octanol–water partition coefficient (Wildman–Crippen LogP) is 6.65. The topological polar surface area (TPSA) is 26.0 Å². The Morgan fingerprint density at radius 1 is 1.03 bits per heavy atom. The van der Waals surface area contributed by atoms with Gasteiger partial charge < -0.3 is 4.74 Å². The van der Waals surface area contributed by atoms with Gasteiger partial charge in [0.05, 0.1) is 16.5 Å². The van der Waals surface area contributed by atoms with Crippen LogP contribution in [0.2, 0.25) is 0 Å². The SMILES string of the molecule is Cc1c2c(c(C)c3ncccc13)Oc1cc(C3CCCCC3)cc3cc[n+](C)c-2c13. The summed E-state index contributed by atoms with van der Waals surface area (Å²) in [5, 5.41) is 3.73. The Kier molecular flexibility index (Phi) is 3.89. The molecule has 0 N–H and O–H groups in total. The van der Waals surface area contributed by atoms with Gasteiger partial charge in [-0.2, -0.15) is 0 Å². The lowest BCUT2D eigenvalue weighted by Crippen LogP contribution is -2.32. The number of benzene rings is 2. The molecular weight excluding hydrogens is 368 g/mol. The molecule has 1 saturated carbocycles. The predicted molar refractivity (Wildman–Crippen MR) is 121 cm³/mol. The maximum Gasteiger partial charge on any atom is 0.228 e. The van der Waals surface area contributed by atoms with Gasteiger partial charge in [-0.25, -0.2) is 4.57 Å². The molecule has 0 bridgehead atoms. The van der Waals surface area contributed by atoms with Crippen LogP contribution in [0.3, 0.4) is 0 Å². The molecule has 30 heavy (non-hydrogen) atoms. The first-order valence-electron chi connectivity index (χ1n) is 11.2. The van der Waals surface area contributed by atoms with E-state index < -0.39 is 0 Å². The summed E-state index contributed by atoms with van der Waals surface area (Å²) >= 11 is 0.